The van der Waals surface area contributed by atoms with Crippen LogP contribution in [0.25, 0.3) is 0 Å². The van der Waals surface area contributed by atoms with E-state index in [9.17, 15) is 4.39 Å². The van der Waals surface area contributed by atoms with Crippen LogP contribution < -0.4 is 11.5 Å². The maximum absolute atomic E-state index is 11.7. The summed E-state index contributed by atoms with van der Waals surface area (Å²) in [6, 6.07) is -0.168. The molecule has 2 unspecified atom stereocenters. The Hall–Kier alpha value is 0.140. The highest BCUT2D eigenvalue weighted by Gasteiger charge is 2.01. The second kappa shape index (κ2) is 7.25. The molecule has 0 heterocycles. The fraction of sp³-hybridized carbons (Fsp3) is 1.00. The minimum Gasteiger partial charge on any atom is -0.328 e. The molecule has 0 radical (unpaired) electrons. The molecule has 10 heavy (non-hydrogen) atoms. The van der Waals surface area contributed by atoms with E-state index in [0.717, 1.165) is 6.42 Å². The predicted molar refractivity (Wildman–Crippen MR) is 44.1 cm³/mol. The number of rotatable bonds is 4. The molecule has 0 aromatic rings. The van der Waals surface area contributed by atoms with Gasteiger partial charge in [-0.3, -0.25) is 0 Å². The van der Waals surface area contributed by atoms with Crippen molar-refractivity contribution in [3.63, 3.8) is 0 Å². The van der Waals surface area contributed by atoms with Crippen LogP contribution in [0.1, 0.15) is 19.8 Å². The number of alkyl halides is 1. The highest BCUT2D eigenvalue weighted by Crippen LogP contribution is 1.97. The number of nitrogens with two attached hydrogens (primary N) is 2. The molecular weight excluding hydrogens is 155 g/mol. The number of halogens is 2. The molecule has 0 amide bonds. The molecule has 0 saturated carbocycles. The van der Waals surface area contributed by atoms with Crippen molar-refractivity contribution in [3.05, 3.63) is 0 Å². The van der Waals surface area contributed by atoms with Crippen LogP contribution in [-0.2, 0) is 0 Å². The molecule has 64 valence electrons. The zero-order valence-electron chi connectivity index (χ0n) is 6.22. The van der Waals surface area contributed by atoms with E-state index in [2.05, 4.69) is 0 Å². The topological polar surface area (TPSA) is 52.0 Å². The molecule has 0 spiro atoms. The first-order valence-corrected chi connectivity index (χ1v) is 3.24. The van der Waals surface area contributed by atoms with Crippen molar-refractivity contribution in [2.75, 3.05) is 6.67 Å². The normalized spacial score (nSPS) is 15.6. The van der Waals surface area contributed by atoms with Gasteiger partial charge in [-0.05, 0) is 19.8 Å². The Morgan fingerprint density at radius 3 is 2.10 bits per heavy atom. The molecule has 0 aliphatic rings. The summed E-state index contributed by atoms with van der Waals surface area (Å²) in [5.74, 6) is 0. The Kier molecular flexibility index (Phi) is 9.27. The average Bonchev–Trinajstić information content (AvgIpc) is 1.83. The molecule has 0 aromatic heterocycles. The van der Waals surface area contributed by atoms with E-state index < -0.39 is 6.67 Å². The van der Waals surface area contributed by atoms with E-state index in [0.29, 0.717) is 6.42 Å². The van der Waals surface area contributed by atoms with Gasteiger partial charge in [-0.2, -0.15) is 0 Å². The Morgan fingerprint density at radius 1 is 1.30 bits per heavy atom. The SMILES string of the molecule is CC(N)CCC(N)CF.Cl. The number of hydrogen-bond donors (Lipinski definition) is 2. The third-order valence-electron chi connectivity index (χ3n) is 1.19. The highest BCUT2D eigenvalue weighted by atomic mass is 35.5. The van der Waals surface area contributed by atoms with Crippen molar-refractivity contribution in [1.82, 2.24) is 0 Å². The fourth-order valence-electron chi connectivity index (χ4n) is 0.554. The Balaban J connectivity index is 0. The van der Waals surface area contributed by atoms with Crippen LogP contribution in [-0.4, -0.2) is 18.8 Å². The van der Waals surface area contributed by atoms with Gasteiger partial charge in [0.05, 0.1) is 0 Å². The van der Waals surface area contributed by atoms with Gasteiger partial charge in [-0.15, -0.1) is 12.4 Å². The minimum absolute atomic E-state index is 0. The van der Waals surface area contributed by atoms with Crippen molar-refractivity contribution in [2.24, 2.45) is 11.5 Å². The van der Waals surface area contributed by atoms with Crippen LogP contribution in [0.3, 0.4) is 0 Å². The van der Waals surface area contributed by atoms with Crippen LogP contribution >= 0.6 is 12.4 Å². The van der Waals surface area contributed by atoms with Gasteiger partial charge in [-0.1, -0.05) is 0 Å². The molecule has 0 aliphatic heterocycles. The van der Waals surface area contributed by atoms with Crippen molar-refractivity contribution in [1.29, 1.82) is 0 Å². The smallest absolute Gasteiger partial charge is 0.104 e. The van der Waals surface area contributed by atoms with Crippen molar-refractivity contribution < 1.29 is 4.39 Å². The minimum atomic E-state index is -0.438. The highest BCUT2D eigenvalue weighted by molar-refractivity contribution is 5.85. The summed E-state index contributed by atoms with van der Waals surface area (Å²) in [5, 5.41) is 0. The van der Waals surface area contributed by atoms with E-state index in [1.54, 1.807) is 0 Å². The van der Waals surface area contributed by atoms with Gasteiger partial charge in [0.25, 0.3) is 0 Å². The molecule has 4 heteroatoms. The molecular formula is C6H16ClFN2. The van der Waals surface area contributed by atoms with Crippen LogP contribution in [0, 0.1) is 0 Å². The molecule has 0 aliphatic carbocycles. The monoisotopic (exact) mass is 170 g/mol. The first kappa shape index (κ1) is 12.8. The van der Waals surface area contributed by atoms with Gasteiger partial charge in [0.2, 0.25) is 0 Å². The zero-order valence-corrected chi connectivity index (χ0v) is 7.03. The van der Waals surface area contributed by atoms with Crippen molar-refractivity contribution in [3.8, 4) is 0 Å². The molecule has 2 nitrogen and oxygen atoms in total. The predicted octanol–water partition coefficient (Wildman–Crippen LogP) is 0.832. The molecule has 0 fully saturated rings. The van der Waals surface area contributed by atoms with Gasteiger partial charge < -0.3 is 11.5 Å². The average molecular weight is 171 g/mol. The molecule has 2 atom stereocenters. The lowest BCUT2D eigenvalue weighted by Crippen LogP contribution is -2.25. The first-order valence-electron chi connectivity index (χ1n) is 3.24. The van der Waals surface area contributed by atoms with Gasteiger partial charge in [0.1, 0.15) is 6.67 Å². The summed E-state index contributed by atoms with van der Waals surface area (Å²) >= 11 is 0. The lowest BCUT2D eigenvalue weighted by Gasteiger charge is -2.07. The summed E-state index contributed by atoms with van der Waals surface area (Å²) in [6.45, 7) is 1.46. The van der Waals surface area contributed by atoms with Gasteiger partial charge in [0.15, 0.2) is 0 Å². The van der Waals surface area contributed by atoms with Gasteiger partial charge in [-0.25, -0.2) is 4.39 Å². The summed E-state index contributed by atoms with van der Waals surface area (Å²) in [4.78, 5) is 0. The van der Waals surface area contributed by atoms with E-state index in [4.69, 9.17) is 11.5 Å². The van der Waals surface area contributed by atoms with E-state index in [1.807, 2.05) is 6.92 Å². The van der Waals surface area contributed by atoms with Crippen molar-refractivity contribution in [2.45, 2.75) is 31.8 Å². The Labute approximate surface area is 67.6 Å². The van der Waals surface area contributed by atoms with Crippen LogP contribution in [0.5, 0.6) is 0 Å². The molecule has 0 aromatic carbocycles. The maximum Gasteiger partial charge on any atom is 0.104 e. The third kappa shape index (κ3) is 8.14. The van der Waals surface area contributed by atoms with E-state index >= 15 is 0 Å². The first-order chi connectivity index (χ1) is 4.16. The largest absolute Gasteiger partial charge is 0.328 e. The van der Waals surface area contributed by atoms with Gasteiger partial charge in [0, 0.05) is 12.1 Å². The molecule has 0 bridgehead atoms. The summed E-state index contributed by atoms with van der Waals surface area (Å²) in [7, 11) is 0. The van der Waals surface area contributed by atoms with Crippen LogP contribution in [0.2, 0.25) is 0 Å². The molecule has 0 saturated heterocycles. The Bertz CT molecular complexity index is 70.8. The lowest BCUT2D eigenvalue weighted by molar-refractivity contribution is 0.400. The maximum atomic E-state index is 11.7. The van der Waals surface area contributed by atoms with E-state index in [-0.39, 0.29) is 24.5 Å². The summed E-state index contributed by atoms with van der Waals surface area (Å²) < 4.78 is 11.7. The quantitative estimate of drug-likeness (QED) is 0.657. The molecule has 4 N–H and O–H groups in total. The van der Waals surface area contributed by atoms with Crippen LogP contribution in [0.15, 0.2) is 0 Å². The second-order valence-electron chi connectivity index (χ2n) is 2.47. The Morgan fingerprint density at radius 2 is 1.80 bits per heavy atom. The molecule has 0 rings (SSSR count). The summed E-state index contributed by atoms with van der Waals surface area (Å²) in [5.41, 5.74) is 10.7. The van der Waals surface area contributed by atoms with E-state index in [1.165, 1.54) is 0 Å². The third-order valence-corrected chi connectivity index (χ3v) is 1.19. The van der Waals surface area contributed by atoms with Crippen LogP contribution in [0.4, 0.5) is 4.39 Å². The fourth-order valence-corrected chi connectivity index (χ4v) is 0.554. The zero-order chi connectivity index (χ0) is 7.28. The standard InChI is InChI=1S/C6H15FN2.ClH/c1-5(8)2-3-6(9)4-7;/h5-6H,2-4,8-9H2,1H3;1H. The van der Waals surface area contributed by atoms with Crippen molar-refractivity contribution >= 4 is 12.4 Å². The van der Waals surface area contributed by atoms with Gasteiger partial charge >= 0.3 is 0 Å². The lowest BCUT2D eigenvalue weighted by atomic mass is 10.1. The number of hydrogen-bond acceptors (Lipinski definition) is 2. The second-order valence-corrected chi connectivity index (χ2v) is 2.47. The summed E-state index contributed by atoms with van der Waals surface area (Å²) in [6.07, 6.45) is 1.50.